The van der Waals surface area contributed by atoms with Crippen LogP contribution in [0.1, 0.15) is 22.3 Å². The minimum absolute atomic E-state index is 0.689. The number of aldehydes is 1. The van der Waals surface area contributed by atoms with E-state index in [1.165, 1.54) is 0 Å². The van der Waals surface area contributed by atoms with Gasteiger partial charge in [-0.25, -0.2) is 0 Å². The molecule has 0 spiro atoms. The Labute approximate surface area is 128 Å². The monoisotopic (exact) mass is 300 g/mol. The Morgan fingerprint density at radius 2 is 1.86 bits per heavy atom. The fourth-order valence-corrected chi connectivity index (χ4v) is 3.11. The maximum absolute atomic E-state index is 10.8. The molecule has 0 fully saturated rings. The molecule has 2 aromatic rings. The van der Waals surface area contributed by atoms with Crippen molar-refractivity contribution in [2.45, 2.75) is 23.1 Å². The van der Waals surface area contributed by atoms with E-state index >= 15 is 0 Å². The summed E-state index contributed by atoms with van der Waals surface area (Å²) in [6, 6.07) is 11.7. The van der Waals surface area contributed by atoms with E-state index in [1.54, 1.807) is 11.8 Å². The summed E-state index contributed by atoms with van der Waals surface area (Å²) in [5.74, 6) is 1.62. The van der Waals surface area contributed by atoms with Gasteiger partial charge in [-0.1, -0.05) is 17.8 Å². The molecule has 1 heterocycles. The fraction of sp³-hybridized carbons (Fsp3) is 0.235. The molecule has 0 saturated carbocycles. The molecule has 1 aliphatic heterocycles. The number of hydrogen-bond acceptors (Lipinski definition) is 4. The first-order chi connectivity index (χ1) is 10.3. The Kier molecular flexibility index (Phi) is 4.15. The third kappa shape index (κ3) is 3.22. The van der Waals surface area contributed by atoms with Crippen LogP contribution in [0.2, 0.25) is 0 Å². The predicted molar refractivity (Wildman–Crippen MR) is 82.7 cm³/mol. The Bertz CT molecular complexity index is 667. The number of fused-ring (bicyclic) bond motifs is 1. The van der Waals surface area contributed by atoms with Gasteiger partial charge in [-0.15, -0.1) is 0 Å². The molecule has 0 N–H and O–H groups in total. The summed E-state index contributed by atoms with van der Waals surface area (Å²) in [6.45, 7) is 3.40. The second-order valence-electron chi connectivity index (χ2n) is 4.90. The predicted octanol–water partition coefficient (Wildman–Crippen LogP) is 4.12. The van der Waals surface area contributed by atoms with E-state index in [2.05, 4.69) is 0 Å². The highest BCUT2D eigenvalue weighted by molar-refractivity contribution is 7.99. The van der Waals surface area contributed by atoms with Crippen LogP contribution in [0.15, 0.2) is 46.2 Å². The maximum Gasteiger partial charge on any atom is 0.162 e. The summed E-state index contributed by atoms with van der Waals surface area (Å²) < 4.78 is 11.3. The molecule has 4 heteroatoms. The van der Waals surface area contributed by atoms with Gasteiger partial charge in [0.25, 0.3) is 0 Å². The van der Waals surface area contributed by atoms with E-state index in [-0.39, 0.29) is 0 Å². The summed E-state index contributed by atoms with van der Waals surface area (Å²) in [4.78, 5) is 13.0. The lowest BCUT2D eigenvalue weighted by Crippen LogP contribution is -1.97. The largest absolute Gasteiger partial charge is 0.490 e. The molecule has 3 nitrogen and oxygen atoms in total. The standard InChI is InChI=1S/C17H16O3S/c1-12-9-13(11-18)3-6-17(12)21-14-4-5-15-16(10-14)20-8-2-7-19-15/h3-6,9-11H,2,7-8H2,1H3. The summed E-state index contributed by atoms with van der Waals surface area (Å²) in [5, 5.41) is 0. The average Bonchev–Trinajstić information content (AvgIpc) is 2.74. The summed E-state index contributed by atoms with van der Waals surface area (Å²) in [7, 11) is 0. The van der Waals surface area contributed by atoms with Crippen molar-refractivity contribution in [2.75, 3.05) is 13.2 Å². The number of carbonyl (C=O) groups excluding carboxylic acids is 1. The van der Waals surface area contributed by atoms with Crippen molar-refractivity contribution in [3.8, 4) is 11.5 Å². The van der Waals surface area contributed by atoms with Crippen LogP contribution < -0.4 is 9.47 Å². The fourth-order valence-electron chi connectivity index (χ4n) is 2.19. The van der Waals surface area contributed by atoms with E-state index in [0.29, 0.717) is 18.8 Å². The number of rotatable bonds is 3. The first kappa shape index (κ1) is 14.0. The van der Waals surface area contributed by atoms with Crippen LogP contribution in [0.3, 0.4) is 0 Å². The first-order valence-corrected chi connectivity index (χ1v) is 7.71. The van der Waals surface area contributed by atoms with Gasteiger partial charge in [-0.2, -0.15) is 0 Å². The Morgan fingerprint density at radius 1 is 1.05 bits per heavy atom. The first-order valence-electron chi connectivity index (χ1n) is 6.89. The molecule has 0 aliphatic carbocycles. The molecule has 1 aliphatic rings. The zero-order valence-electron chi connectivity index (χ0n) is 11.8. The second-order valence-corrected chi connectivity index (χ2v) is 6.02. The van der Waals surface area contributed by atoms with Gasteiger partial charge in [0, 0.05) is 21.8 Å². The lowest BCUT2D eigenvalue weighted by molar-refractivity contribution is 0.112. The number of carbonyl (C=O) groups is 1. The van der Waals surface area contributed by atoms with Gasteiger partial charge in [0.1, 0.15) is 6.29 Å². The van der Waals surface area contributed by atoms with Crippen LogP contribution in [0.25, 0.3) is 0 Å². The van der Waals surface area contributed by atoms with Gasteiger partial charge >= 0.3 is 0 Å². The molecule has 21 heavy (non-hydrogen) atoms. The quantitative estimate of drug-likeness (QED) is 0.799. The highest BCUT2D eigenvalue weighted by Crippen LogP contribution is 2.37. The van der Waals surface area contributed by atoms with Crippen LogP contribution in [-0.2, 0) is 0 Å². The molecule has 0 radical (unpaired) electrons. The number of hydrogen-bond donors (Lipinski definition) is 0. The third-order valence-corrected chi connectivity index (χ3v) is 4.45. The minimum Gasteiger partial charge on any atom is -0.490 e. The van der Waals surface area contributed by atoms with Crippen LogP contribution in [-0.4, -0.2) is 19.5 Å². The van der Waals surface area contributed by atoms with Crippen molar-refractivity contribution in [1.82, 2.24) is 0 Å². The Balaban J connectivity index is 1.85. The van der Waals surface area contributed by atoms with E-state index in [0.717, 1.165) is 39.6 Å². The molecule has 0 amide bonds. The van der Waals surface area contributed by atoms with E-state index < -0.39 is 0 Å². The van der Waals surface area contributed by atoms with Crippen LogP contribution in [0.4, 0.5) is 0 Å². The minimum atomic E-state index is 0.689. The van der Waals surface area contributed by atoms with E-state index in [9.17, 15) is 4.79 Å². The summed E-state index contributed by atoms with van der Waals surface area (Å²) in [6.07, 6.45) is 1.78. The average molecular weight is 300 g/mol. The lowest BCUT2D eigenvalue weighted by Gasteiger charge is -2.10. The van der Waals surface area contributed by atoms with Gasteiger partial charge in [0.2, 0.25) is 0 Å². The highest BCUT2D eigenvalue weighted by atomic mass is 32.2. The zero-order chi connectivity index (χ0) is 14.7. The smallest absolute Gasteiger partial charge is 0.162 e. The molecule has 2 aromatic carbocycles. The van der Waals surface area contributed by atoms with Crippen LogP contribution in [0, 0.1) is 6.92 Å². The number of aryl methyl sites for hydroxylation is 1. The normalized spacial score (nSPS) is 13.6. The van der Waals surface area contributed by atoms with Crippen molar-refractivity contribution in [3.05, 3.63) is 47.5 Å². The molecule has 0 bridgehead atoms. The van der Waals surface area contributed by atoms with E-state index in [4.69, 9.17) is 9.47 Å². The number of ether oxygens (including phenoxy) is 2. The van der Waals surface area contributed by atoms with Gasteiger partial charge < -0.3 is 9.47 Å². The molecule has 0 aromatic heterocycles. The number of benzene rings is 2. The summed E-state index contributed by atoms with van der Waals surface area (Å²) >= 11 is 1.66. The second kappa shape index (κ2) is 6.22. The third-order valence-electron chi connectivity index (χ3n) is 3.28. The zero-order valence-corrected chi connectivity index (χ0v) is 12.6. The van der Waals surface area contributed by atoms with Gasteiger partial charge in [-0.3, -0.25) is 4.79 Å². The summed E-state index contributed by atoms with van der Waals surface area (Å²) in [5.41, 5.74) is 1.80. The maximum atomic E-state index is 10.8. The van der Waals surface area contributed by atoms with Crippen molar-refractivity contribution < 1.29 is 14.3 Å². The Hall–Kier alpha value is -1.94. The van der Waals surface area contributed by atoms with Crippen molar-refractivity contribution in [2.24, 2.45) is 0 Å². The van der Waals surface area contributed by atoms with Crippen LogP contribution >= 0.6 is 11.8 Å². The molecular formula is C17H16O3S. The SMILES string of the molecule is Cc1cc(C=O)ccc1Sc1ccc2c(c1)OCCCO2. The highest BCUT2D eigenvalue weighted by Gasteiger charge is 2.11. The molecule has 0 atom stereocenters. The van der Waals surface area contributed by atoms with Crippen LogP contribution in [0.5, 0.6) is 11.5 Å². The molecular weight excluding hydrogens is 284 g/mol. The van der Waals surface area contributed by atoms with E-state index in [1.807, 2.05) is 43.3 Å². The van der Waals surface area contributed by atoms with Gasteiger partial charge in [0.15, 0.2) is 11.5 Å². The topological polar surface area (TPSA) is 35.5 Å². The lowest BCUT2D eigenvalue weighted by atomic mass is 10.2. The van der Waals surface area contributed by atoms with Gasteiger partial charge in [0.05, 0.1) is 13.2 Å². The molecule has 0 unspecified atom stereocenters. The van der Waals surface area contributed by atoms with Crippen molar-refractivity contribution in [3.63, 3.8) is 0 Å². The Morgan fingerprint density at radius 3 is 2.62 bits per heavy atom. The molecule has 3 rings (SSSR count). The van der Waals surface area contributed by atoms with Gasteiger partial charge in [-0.05, 0) is 42.8 Å². The van der Waals surface area contributed by atoms with Crippen molar-refractivity contribution >= 4 is 18.0 Å². The molecule has 0 saturated heterocycles. The molecule has 108 valence electrons. The van der Waals surface area contributed by atoms with Crippen molar-refractivity contribution in [1.29, 1.82) is 0 Å².